The van der Waals surface area contributed by atoms with Gasteiger partial charge in [0.2, 0.25) is 0 Å². The van der Waals surface area contributed by atoms with Crippen LogP contribution in [0.15, 0.2) is 12.4 Å². The summed E-state index contributed by atoms with van der Waals surface area (Å²) >= 11 is 0. The van der Waals surface area contributed by atoms with Crippen molar-refractivity contribution in [2.75, 3.05) is 13.2 Å². The smallest absolute Gasteiger partial charge is 0.109 e. The number of nitrogens with one attached hydrogen (secondary N) is 1. The molecule has 2 heterocycles. The van der Waals surface area contributed by atoms with Crippen LogP contribution in [0.2, 0.25) is 0 Å². The van der Waals surface area contributed by atoms with E-state index in [9.17, 15) is 0 Å². The standard InChI is InChI=1S/C16H29N3O/c1-3-9-17-14(13-16-18-10-11-19(16)2)7-8-15-6-4-5-12-20-15/h10-11,14-15,17H,3-9,12-13H2,1-2H3. The Hall–Kier alpha value is -0.870. The Balaban J connectivity index is 1.81. The number of ether oxygens (including phenoxy) is 1. The maximum atomic E-state index is 5.84. The minimum absolute atomic E-state index is 0.482. The van der Waals surface area contributed by atoms with E-state index in [1.165, 1.54) is 44.3 Å². The predicted molar refractivity (Wildman–Crippen MR) is 81.8 cm³/mol. The molecule has 1 aromatic heterocycles. The summed E-state index contributed by atoms with van der Waals surface area (Å²) < 4.78 is 7.97. The molecular formula is C16H29N3O. The molecule has 2 unspecified atom stereocenters. The van der Waals surface area contributed by atoms with Gasteiger partial charge in [-0.2, -0.15) is 0 Å². The highest BCUT2D eigenvalue weighted by Crippen LogP contribution is 2.18. The monoisotopic (exact) mass is 279 g/mol. The van der Waals surface area contributed by atoms with E-state index in [1.54, 1.807) is 0 Å². The third-order valence-corrected chi connectivity index (χ3v) is 4.14. The van der Waals surface area contributed by atoms with E-state index < -0.39 is 0 Å². The molecule has 0 aromatic carbocycles. The maximum absolute atomic E-state index is 5.84. The number of hydrogen-bond acceptors (Lipinski definition) is 3. The molecule has 0 radical (unpaired) electrons. The van der Waals surface area contributed by atoms with Crippen molar-refractivity contribution in [2.45, 2.75) is 64.0 Å². The summed E-state index contributed by atoms with van der Waals surface area (Å²) in [6.07, 6.45) is 12.7. The van der Waals surface area contributed by atoms with Crippen molar-refractivity contribution in [1.29, 1.82) is 0 Å². The van der Waals surface area contributed by atoms with Gasteiger partial charge in [0.15, 0.2) is 0 Å². The molecule has 2 rings (SSSR count). The highest BCUT2D eigenvalue weighted by atomic mass is 16.5. The van der Waals surface area contributed by atoms with E-state index in [-0.39, 0.29) is 0 Å². The summed E-state index contributed by atoms with van der Waals surface area (Å²) in [6, 6.07) is 0.515. The van der Waals surface area contributed by atoms with Crippen LogP contribution >= 0.6 is 0 Å². The first-order valence-electron chi connectivity index (χ1n) is 8.10. The van der Waals surface area contributed by atoms with Crippen LogP contribution in [-0.4, -0.2) is 34.8 Å². The molecule has 1 aromatic rings. The Labute approximate surface area is 122 Å². The Morgan fingerprint density at radius 2 is 2.40 bits per heavy atom. The summed E-state index contributed by atoms with van der Waals surface area (Å²) in [6.45, 7) is 4.26. The van der Waals surface area contributed by atoms with Crippen molar-refractivity contribution in [1.82, 2.24) is 14.9 Å². The Morgan fingerprint density at radius 3 is 3.05 bits per heavy atom. The molecule has 4 nitrogen and oxygen atoms in total. The second kappa shape index (κ2) is 8.42. The zero-order valence-electron chi connectivity index (χ0n) is 13.0. The largest absolute Gasteiger partial charge is 0.378 e. The van der Waals surface area contributed by atoms with Gasteiger partial charge in [0.05, 0.1) is 6.10 Å². The molecule has 0 aliphatic carbocycles. The number of aromatic nitrogens is 2. The number of hydrogen-bond donors (Lipinski definition) is 1. The van der Waals surface area contributed by atoms with E-state index >= 15 is 0 Å². The zero-order valence-corrected chi connectivity index (χ0v) is 13.0. The highest BCUT2D eigenvalue weighted by Gasteiger charge is 2.17. The van der Waals surface area contributed by atoms with E-state index in [4.69, 9.17) is 4.74 Å². The third kappa shape index (κ3) is 4.91. The van der Waals surface area contributed by atoms with E-state index in [0.29, 0.717) is 12.1 Å². The quantitative estimate of drug-likeness (QED) is 0.795. The SMILES string of the molecule is CCCNC(CCC1CCCCO1)Cc1nccn1C. The lowest BCUT2D eigenvalue weighted by atomic mass is 10.00. The second-order valence-electron chi connectivity index (χ2n) is 5.88. The first kappa shape index (κ1) is 15.5. The van der Waals surface area contributed by atoms with Crippen molar-refractivity contribution in [2.24, 2.45) is 7.05 Å². The molecule has 20 heavy (non-hydrogen) atoms. The summed E-state index contributed by atoms with van der Waals surface area (Å²) in [7, 11) is 2.07. The molecule has 4 heteroatoms. The molecular weight excluding hydrogens is 250 g/mol. The van der Waals surface area contributed by atoms with Crippen molar-refractivity contribution < 1.29 is 4.74 Å². The number of imidazole rings is 1. The highest BCUT2D eigenvalue weighted by molar-refractivity contribution is 4.94. The first-order chi connectivity index (χ1) is 9.79. The van der Waals surface area contributed by atoms with Gasteiger partial charge in [-0.05, 0) is 45.1 Å². The fourth-order valence-corrected chi connectivity index (χ4v) is 2.86. The lowest BCUT2D eigenvalue weighted by Crippen LogP contribution is -2.34. The average molecular weight is 279 g/mol. The van der Waals surface area contributed by atoms with Crippen LogP contribution in [-0.2, 0) is 18.2 Å². The molecule has 1 N–H and O–H groups in total. The Kier molecular flexibility index (Phi) is 6.54. The minimum Gasteiger partial charge on any atom is -0.378 e. The van der Waals surface area contributed by atoms with Crippen LogP contribution in [0.1, 0.15) is 51.3 Å². The molecule has 1 aliphatic rings. The van der Waals surface area contributed by atoms with Crippen LogP contribution in [0.5, 0.6) is 0 Å². The zero-order chi connectivity index (χ0) is 14.2. The summed E-state index contributed by atoms with van der Waals surface area (Å²) in [5.74, 6) is 1.17. The van der Waals surface area contributed by atoms with Crippen molar-refractivity contribution in [3.05, 3.63) is 18.2 Å². The van der Waals surface area contributed by atoms with Crippen LogP contribution < -0.4 is 5.32 Å². The lowest BCUT2D eigenvalue weighted by molar-refractivity contribution is 0.00855. The topological polar surface area (TPSA) is 39.1 Å². The van der Waals surface area contributed by atoms with E-state index in [2.05, 4.69) is 28.8 Å². The summed E-state index contributed by atoms with van der Waals surface area (Å²) in [5.41, 5.74) is 0. The minimum atomic E-state index is 0.482. The molecule has 0 amide bonds. The maximum Gasteiger partial charge on any atom is 0.109 e. The molecule has 1 aliphatic heterocycles. The molecule has 0 saturated carbocycles. The molecule has 0 bridgehead atoms. The summed E-state index contributed by atoms with van der Waals surface area (Å²) in [4.78, 5) is 4.45. The van der Waals surface area contributed by atoms with Gasteiger partial charge in [-0.3, -0.25) is 0 Å². The van der Waals surface area contributed by atoms with Gasteiger partial charge in [-0.15, -0.1) is 0 Å². The lowest BCUT2D eigenvalue weighted by Gasteiger charge is -2.25. The van der Waals surface area contributed by atoms with E-state index in [0.717, 1.165) is 19.6 Å². The van der Waals surface area contributed by atoms with Crippen LogP contribution in [0.4, 0.5) is 0 Å². The second-order valence-corrected chi connectivity index (χ2v) is 5.88. The summed E-state index contributed by atoms with van der Waals surface area (Å²) in [5, 5.41) is 3.67. The number of nitrogens with zero attached hydrogens (tertiary/aromatic N) is 2. The van der Waals surface area contributed by atoms with Gasteiger partial charge in [0.1, 0.15) is 5.82 Å². The molecule has 1 fully saturated rings. The normalized spacial score (nSPS) is 21.0. The fraction of sp³-hybridized carbons (Fsp3) is 0.812. The van der Waals surface area contributed by atoms with Gasteiger partial charge in [0.25, 0.3) is 0 Å². The molecule has 114 valence electrons. The van der Waals surface area contributed by atoms with Gasteiger partial charge >= 0.3 is 0 Å². The fourth-order valence-electron chi connectivity index (χ4n) is 2.86. The van der Waals surface area contributed by atoms with Gasteiger partial charge in [-0.25, -0.2) is 4.98 Å². The number of aryl methyl sites for hydroxylation is 1. The van der Waals surface area contributed by atoms with Gasteiger partial charge in [-0.1, -0.05) is 6.92 Å². The first-order valence-corrected chi connectivity index (χ1v) is 8.10. The molecule has 1 saturated heterocycles. The average Bonchev–Trinajstić information content (AvgIpc) is 2.88. The predicted octanol–water partition coefficient (Wildman–Crippen LogP) is 2.68. The molecule has 2 atom stereocenters. The van der Waals surface area contributed by atoms with Crippen LogP contribution in [0.3, 0.4) is 0 Å². The van der Waals surface area contributed by atoms with Crippen LogP contribution in [0, 0.1) is 0 Å². The Bertz CT molecular complexity index is 372. The van der Waals surface area contributed by atoms with Gasteiger partial charge < -0.3 is 14.6 Å². The molecule has 0 spiro atoms. The Morgan fingerprint density at radius 1 is 1.50 bits per heavy atom. The van der Waals surface area contributed by atoms with Gasteiger partial charge in [0, 0.05) is 38.5 Å². The van der Waals surface area contributed by atoms with Crippen molar-refractivity contribution in [3.63, 3.8) is 0 Å². The number of rotatable bonds is 8. The third-order valence-electron chi connectivity index (χ3n) is 4.14. The van der Waals surface area contributed by atoms with Crippen LogP contribution in [0.25, 0.3) is 0 Å². The van der Waals surface area contributed by atoms with Crippen molar-refractivity contribution in [3.8, 4) is 0 Å². The van der Waals surface area contributed by atoms with E-state index in [1.807, 2.05) is 12.4 Å². The van der Waals surface area contributed by atoms with Crippen molar-refractivity contribution >= 4 is 0 Å².